The number of amidine groups is 1. The fourth-order valence-corrected chi connectivity index (χ4v) is 3.89. The molecule has 0 atom stereocenters. The Kier molecular flexibility index (Phi) is 5.85. The number of carbonyl (C=O) groups is 1. The second kappa shape index (κ2) is 8.30. The van der Waals surface area contributed by atoms with Crippen molar-refractivity contribution in [2.45, 2.75) is 30.6 Å². The quantitative estimate of drug-likeness (QED) is 0.841. The first kappa shape index (κ1) is 19.0. The first-order valence-electron chi connectivity index (χ1n) is 8.68. The van der Waals surface area contributed by atoms with Crippen LogP contribution in [0.4, 0.5) is 10.1 Å². The molecule has 0 radical (unpaired) electrons. The standard InChI is InChI=1S/C19H20FN3O3S/c20-17-10-4-3-9-16(17)19(24)22-14-7-6-8-15(13-14)27(25,26)23-18-11-2-1-5-12-21-18/h3-4,6-10,13H,1-2,5,11-12H2,(H,21,23)(H,22,24). The van der Waals surface area contributed by atoms with Crippen LogP contribution >= 0.6 is 0 Å². The molecule has 1 amide bonds. The van der Waals surface area contributed by atoms with Crippen LogP contribution in [0.1, 0.15) is 36.0 Å². The Morgan fingerprint density at radius 3 is 2.67 bits per heavy atom. The van der Waals surface area contributed by atoms with Crippen molar-refractivity contribution >= 4 is 27.5 Å². The number of nitrogens with one attached hydrogen (secondary N) is 2. The van der Waals surface area contributed by atoms with Crippen molar-refractivity contribution in [2.75, 3.05) is 11.9 Å². The van der Waals surface area contributed by atoms with E-state index in [0.717, 1.165) is 19.3 Å². The van der Waals surface area contributed by atoms with Crippen molar-refractivity contribution in [2.24, 2.45) is 4.99 Å². The van der Waals surface area contributed by atoms with Gasteiger partial charge >= 0.3 is 0 Å². The van der Waals surface area contributed by atoms with Gasteiger partial charge in [0.25, 0.3) is 15.9 Å². The molecule has 0 unspecified atom stereocenters. The Labute approximate surface area is 157 Å². The first-order chi connectivity index (χ1) is 13.0. The molecule has 142 valence electrons. The van der Waals surface area contributed by atoms with Crippen LogP contribution in [0.5, 0.6) is 0 Å². The number of halogens is 1. The van der Waals surface area contributed by atoms with E-state index < -0.39 is 21.7 Å². The van der Waals surface area contributed by atoms with E-state index in [-0.39, 0.29) is 16.1 Å². The second-order valence-corrected chi connectivity index (χ2v) is 7.89. The van der Waals surface area contributed by atoms with Crippen LogP contribution in [-0.4, -0.2) is 26.7 Å². The Morgan fingerprint density at radius 2 is 1.85 bits per heavy atom. The highest BCUT2D eigenvalue weighted by atomic mass is 32.2. The Morgan fingerprint density at radius 1 is 1.04 bits per heavy atom. The molecule has 0 aromatic heterocycles. The minimum Gasteiger partial charge on any atom is -0.322 e. The van der Waals surface area contributed by atoms with Gasteiger partial charge in [0.15, 0.2) is 0 Å². The average molecular weight is 389 g/mol. The van der Waals surface area contributed by atoms with Crippen molar-refractivity contribution in [1.82, 2.24) is 4.72 Å². The summed E-state index contributed by atoms with van der Waals surface area (Å²) in [6, 6.07) is 11.4. The fourth-order valence-electron chi connectivity index (χ4n) is 2.76. The van der Waals surface area contributed by atoms with E-state index >= 15 is 0 Å². The zero-order chi connectivity index (χ0) is 19.3. The summed E-state index contributed by atoms with van der Waals surface area (Å²) in [5.41, 5.74) is 0.144. The number of hydrogen-bond donors (Lipinski definition) is 2. The van der Waals surface area contributed by atoms with Crippen molar-refractivity contribution in [3.63, 3.8) is 0 Å². The summed E-state index contributed by atoms with van der Waals surface area (Å²) in [6.07, 6.45) is 3.44. The smallest absolute Gasteiger partial charge is 0.262 e. The fraction of sp³-hybridized carbons (Fsp3) is 0.263. The molecule has 8 heteroatoms. The van der Waals surface area contributed by atoms with Gasteiger partial charge in [0.05, 0.1) is 10.5 Å². The molecule has 1 heterocycles. The monoisotopic (exact) mass is 389 g/mol. The zero-order valence-corrected chi connectivity index (χ0v) is 15.4. The maximum Gasteiger partial charge on any atom is 0.262 e. The molecule has 0 fully saturated rings. The van der Waals surface area contributed by atoms with E-state index in [1.807, 2.05) is 0 Å². The van der Waals surface area contributed by atoms with Gasteiger partial charge in [0.2, 0.25) is 0 Å². The predicted molar refractivity (Wildman–Crippen MR) is 102 cm³/mol. The third-order valence-electron chi connectivity index (χ3n) is 4.15. The largest absolute Gasteiger partial charge is 0.322 e. The van der Waals surface area contributed by atoms with Gasteiger partial charge in [-0.15, -0.1) is 0 Å². The van der Waals surface area contributed by atoms with Gasteiger partial charge in [0.1, 0.15) is 11.7 Å². The molecule has 6 nitrogen and oxygen atoms in total. The highest BCUT2D eigenvalue weighted by Gasteiger charge is 2.18. The number of sulfonamides is 1. The van der Waals surface area contributed by atoms with Crippen LogP contribution < -0.4 is 10.0 Å². The van der Waals surface area contributed by atoms with Crippen LogP contribution in [0.15, 0.2) is 58.4 Å². The number of rotatable bonds is 4. The SMILES string of the molecule is O=C(Nc1cccc(S(=O)(=O)NC2=NCCCCC2)c1)c1ccccc1F. The molecule has 2 aromatic carbocycles. The Balaban J connectivity index is 1.77. The Hall–Kier alpha value is -2.74. The lowest BCUT2D eigenvalue weighted by Gasteiger charge is -2.11. The molecular weight excluding hydrogens is 369 g/mol. The van der Waals surface area contributed by atoms with Crippen molar-refractivity contribution < 1.29 is 17.6 Å². The highest BCUT2D eigenvalue weighted by molar-refractivity contribution is 7.90. The molecule has 2 aromatic rings. The van der Waals surface area contributed by atoms with Gasteiger partial charge in [-0.1, -0.05) is 24.6 Å². The number of nitrogens with zero attached hydrogens (tertiary/aromatic N) is 1. The molecule has 0 bridgehead atoms. The maximum atomic E-state index is 13.7. The zero-order valence-electron chi connectivity index (χ0n) is 14.6. The number of carbonyl (C=O) groups excluding carboxylic acids is 1. The number of anilines is 1. The minimum absolute atomic E-state index is 0.000723. The van der Waals surface area contributed by atoms with Crippen molar-refractivity contribution in [3.8, 4) is 0 Å². The summed E-state index contributed by atoms with van der Waals surface area (Å²) in [7, 11) is -3.81. The average Bonchev–Trinajstić information content (AvgIpc) is 2.90. The Bertz CT molecular complexity index is 974. The number of amides is 1. The van der Waals surface area contributed by atoms with E-state index in [2.05, 4.69) is 15.0 Å². The third-order valence-corrected chi connectivity index (χ3v) is 5.53. The van der Waals surface area contributed by atoms with E-state index in [9.17, 15) is 17.6 Å². The van der Waals surface area contributed by atoms with E-state index in [4.69, 9.17) is 0 Å². The van der Waals surface area contributed by atoms with Gasteiger partial charge in [-0.2, -0.15) is 0 Å². The summed E-state index contributed by atoms with van der Waals surface area (Å²) < 4.78 is 41.5. The summed E-state index contributed by atoms with van der Waals surface area (Å²) in [6.45, 7) is 0.608. The lowest BCUT2D eigenvalue weighted by molar-refractivity contribution is 0.102. The van der Waals surface area contributed by atoms with E-state index in [1.165, 1.54) is 36.4 Å². The maximum absolute atomic E-state index is 13.7. The lowest BCUT2D eigenvalue weighted by Crippen LogP contribution is -2.30. The summed E-state index contributed by atoms with van der Waals surface area (Å²) in [5, 5.41) is 2.52. The van der Waals surface area contributed by atoms with Crippen LogP contribution in [0, 0.1) is 5.82 Å². The summed E-state index contributed by atoms with van der Waals surface area (Å²) >= 11 is 0. The molecule has 0 aliphatic carbocycles. The lowest BCUT2D eigenvalue weighted by atomic mass is 10.2. The molecule has 27 heavy (non-hydrogen) atoms. The van der Waals surface area contributed by atoms with Crippen molar-refractivity contribution in [1.29, 1.82) is 0 Å². The number of benzene rings is 2. The van der Waals surface area contributed by atoms with Gasteiger partial charge in [-0.05, 0) is 43.2 Å². The second-order valence-electron chi connectivity index (χ2n) is 6.21. The van der Waals surface area contributed by atoms with Gasteiger partial charge in [-0.25, -0.2) is 12.8 Å². The summed E-state index contributed by atoms with van der Waals surface area (Å²) in [5.74, 6) is -0.844. The van der Waals surface area contributed by atoms with Gasteiger partial charge in [-0.3, -0.25) is 14.5 Å². The molecule has 2 N–H and O–H groups in total. The molecule has 0 saturated carbocycles. The van der Waals surface area contributed by atoms with Crippen LogP contribution in [0.3, 0.4) is 0 Å². The third kappa shape index (κ3) is 4.91. The summed E-state index contributed by atoms with van der Waals surface area (Å²) in [4.78, 5) is 16.5. The number of hydrogen-bond acceptors (Lipinski definition) is 4. The predicted octanol–water partition coefficient (Wildman–Crippen LogP) is 3.33. The molecule has 0 saturated heterocycles. The molecule has 1 aliphatic heterocycles. The van der Waals surface area contributed by atoms with E-state index in [1.54, 1.807) is 12.1 Å². The molecule has 0 spiro atoms. The first-order valence-corrected chi connectivity index (χ1v) is 10.2. The normalized spacial score (nSPS) is 14.8. The van der Waals surface area contributed by atoms with Gasteiger partial charge in [0, 0.05) is 18.7 Å². The van der Waals surface area contributed by atoms with Crippen LogP contribution in [0.2, 0.25) is 0 Å². The topological polar surface area (TPSA) is 87.6 Å². The van der Waals surface area contributed by atoms with Gasteiger partial charge < -0.3 is 5.32 Å². The van der Waals surface area contributed by atoms with Crippen molar-refractivity contribution in [3.05, 3.63) is 59.9 Å². The van der Waals surface area contributed by atoms with Crippen LogP contribution in [-0.2, 0) is 10.0 Å². The van der Waals surface area contributed by atoms with Crippen LogP contribution in [0.25, 0.3) is 0 Å². The molecule has 3 rings (SSSR count). The minimum atomic E-state index is -3.81. The highest BCUT2D eigenvalue weighted by Crippen LogP contribution is 2.18. The number of aliphatic imine (C=N–C) groups is 1. The van der Waals surface area contributed by atoms with E-state index in [0.29, 0.717) is 18.8 Å². The molecule has 1 aliphatic rings. The molecular formula is C19H20FN3O3S.